The van der Waals surface area contributed by atoms with Crippen LogP contribution >= 0.6 is 0 Å². The van der Waals surface area contributed by atoms with Crippen LogP contribution in [0, 0.1) is 5.41 Å². The van der Waals surface area contributed by atoms with Gasteiger partial charge in [0.1, 0.15) is 6.10 Å². The van der Waals surface area contributed by atoms with Crippen molar-refractivity contribution in [2.75, 3.05) is 23.7 Å². The maximum absolute atomic E-state index is 11.5. The minimum Gasteiger partial charge on any atom is -0.441 e. The van der Waals surface area contributed by atoms with Crippen molar-refractivity contribution in [3.8, 4) is 0 Å². The van der Waals surface area contributed by atoms with Crippen molar-refractivity contribution in [1.29, 1.82) is 0 Å². The van der Waals surface area contributed by atoms with E-state index in [1.165, 1.54) is 0 Å². The molecule has 0 bridgehead atoms. The number of hydrogen-bond donors (Lipinski definition) is 2. The molecule has 0 aromatic heterocycles. The third kappa shape index (κ3) is 3.71. The zero-order valence-corrected chi connectivity index (χ0v) is 14.5. The Kier molecular flexibility index (Phi) is 4.83. The van der Waals surface area contributed by atoms with Crippen LogP contribution in [-0.2, 0) is 4.74 Å². The zero-order chi connectivity index (χ0) is 17.9. The Morgan fingerprint density at radius 1 is 1.08 bits per heavy atom. The molecule has 0 radical (unpaired) electrons. The lowest BCUT2D eigenvalue weighted by Crippen LogP contribution is -2.43. The molecule has 1 fully saturated rings. The van der Waals surface area contributed by atoms with E-state index in [9.17, 15) is 4.79 Å². The average Bonchev–Trinajstić information content (AvgIpc) is 2.62. The number of nitrogen functional groups attached to an aromatic ring is 1. The number of anilines is 2. The second-order valence-corrected chi connectivity index (χ2v) is 6.93. The minimum absolute atomic E-state index is 0.170. The first-order valence-corrected chi connectivity index (χ1v) is 8.60. The molecule has 1 atom stereocenters. The van der Waals surface area contributed by atoms with Crippen molar-refractivity contribution >= 4 is 17.5 Å². The molecular weight excluding hydrogens is 314 g/mol. The summed E-state index contributed by atoms with van der Waals surface area (Å²) in [7, 11) is 0. The fourth-order valence-corrected chi connectivity index (χ4v) is 3.65. The highest BCUT2D eigenvalue weighted by Crippen LogP contribution is 2.45. The Labute approximate surface area is 148 Å². The Balaban J connectivity index is 1.79. The molecular formula is C20H25N3O2. The van der Waals surface area contributed by atoms with Crippen molar-refractivity contribution < 1.29 is 9.53 Å². The first kappa shape index (κ1) is 17.1. The van der Waals surface area contributed by atoms with Crippen molar-refractivity contribution in [2.45, 2.75) is 25.9 Å². The van der Waals surface area contributed by atoms with E-state index >= 15 is 0 Å². The van der Waals surface area contributed by atoms with Gasteiger partial charge in [-0.05, 0) is 30.5 Å². The molecule has 0 aliphatic carbocycles. The van der Waals surface area contributed by atoms with Crippen LogP contribution in [0.2, 0.25) is 0 Å². The number of carbonyl (C=O) groups is 1. The number of ether oxygens (including phenoxy) is 1. The number of benzene rings is 2. The second-order valence-electron chi connectivity index (χ2n) is 6.93. The summed E-state index contributed by atoms with van der Waals surface area (Å²) in [6.45, 7) is 3.88. The normalized spacial score (nSPS) is 17.7. The third-order valence-corrected chi connectivity index (χ3v) is 5.15. The maximum atomic E-state index is 11.5. The predicted octanol–water partition coefficient (Wildman–Crippen LogP) is 3.71. The molecule has 2 aromatic carbocycles. The number of rotatable bonds is 4. The highest BCUT2D eigenvalue weighted by Gasteiger charge is 2.40. The van der Waals surface area contributed by atoms with E-state index in [0.29, 0.717) is 0 Å². The molecule has 1 amide bonds. The lowest BCUT2D eigenvalue weighted by Gasteiger charge is -2.44. The van der Waals surface area contributed by atoms with Crippen molar-refractivity contribution in [3.05, 3.63) is 60.2 Å². The number of primary amides is 1. The second kappa shape index (κ2) is 7.05. The first-order valence-electron chi connectivity index (χ1n) is 8.60. The molecule has 0 saturated carbocycles. The lowest BCUT2D eigenvalue weighted by atomic mass is 9.73. The minimum atomic E-state index is -0.732. The van der Waals surface area contributed by atoms with E-state index in [2.05, 4.69) is 11.8 Å². The summed E-state index contributed by atoms with van der Waals surface area (Å²) in [4.78, 5) is 13.8. The summed E-state index contributed by atoms with van der Waals surface area (Å²) in [5.41, 5.74) is 14.1. The van der Waals surface area contributed by atoms with Crippen LogP contribution < -0.4 is 16.4 Å². The van der Waals surface area contributed by atoms with Gasteiger partial charge in [-0.1, -0.05) is 49.4 Å². The number of piperidine rings is 1. The molecule has 5 nitrogen and oxygen atoms in total. The van der Waals surface area contributed by atoms with Gasteiger partial charge >= 0.3 is 6.09 Å². The van der Waals surface area contributed by atoms with Crippen LogP contribution in [0.15, 0.2) is 54.6 Å². The Morgan fingerprint density at radius 3 is 2.28 bits per heavy atom. The molecule has 1 saturated heterocycles. The van der Waals surface area contributed by atoms with E-state index in [1.54, 1.807) is 0 Å². The van der Waals surface area contributed by atoms with E-state index in [4.69, 9.17) is 16.2 Å². The maximum Gasteiger partial charge on any atom is 0.405 e. The van der Waals surface area contributed by atoms with Gasteiger partial charge in [0.05, 0.1) is 11.4 Å². The van der Waals surface area contributed by atoms with Crippen LogP contribution in [-0.4, -0.2) is 19.2 Å². The van der Waals surface area contributed by atoms with Gasteiger partial charge in [0.25, 0.3) is 0 Å². The molecule has 1 unspecified atom stereocenters. The first-order chi connectivity index (χ1) is 12.0. The molecule has 3 rings (SSSR count). The molecule has 1 aliphatic rings. The Hall–Kier alpha value is -2.69. The molecule has 1 heterocycles. The van der Waals surface area contributed by atoms with Gasteiger partial charge in [-0.25, -0.2) is 4.79 Å². The molecule has 1 aliphatic heterocycles. The lowest BCUT2D eigenvalue weighted by molar-refractivity contribution is 0.00222. The number of para-hydroxylation sites is 2. The van der Waals surface area contributed by atoms with E-state index in [0.717, 1.165) is 42.9 Å². The van der Waals surface area contributed by atoms with Gasteiger partial charge in [-0.15, -0.1) is 0 Å². The van der Waals surface area contributed by atoms with Crippen LogP contribution in [0.1, 0.15) is 31.4 Å². The number of hydrogen-bond acceptors (Lipinski definition) is 4. The van der Waals surface area contributed by atoms with Crippen LogP contribution in [0.25, 0.3) is 0 Å². The van der Waals surface area contributed by atoms with E-state index in [-0.39, 0.29) is 11.5 Å². The summed E-state index contributed by atoms with van der Waals surface area (Å²) < 4.78 is 5.54. The largest absolute Gasteiger partial charge is 0.441 e. The highest BCUT2D eigenvalue weighted by molar-refractivity contribution is 5.67. The fourth-order valence-electron chi connectivity index (χ4n) is 3.65. The summed E-state index contributed by atoms with van der Waals surface area (Å²) in [6, 6.07) is 17.8. The Bertz CT molecular complexity index is 725. The summed E-state index contributed by atoms with van der Waals surface area (Å²) in [5, 5.41) is 0. The van der Waals surface area contributed by atoms with Crippen molar-refractivity contribution in [1.82, 2.24) is 0 Å². The van der Waals surface area contributed by atoms with Gasteiger partial charge in [0.15, 0.2) is 0 Å². The molecule has 0 spiro atoms. The van der Waals surface area contributed by atoms with Crippen molar-refractivity contribution in [2.24, 2.45) is 11.1 Å². The molecule has 5 heteroatoms. The number of nitrogens with zero attached hydrogens (tertiary/aromatic N) is 1. The van der Waals surface area contributed by atoms with E-state index < -0.39 is 6.09 Å². The third-order valence-electron chi connectivity index (χ3n) is 5.15. The standard InChI is InChI=1S/C20H25N3O2/c1-20(18(25-19(22)24)15-7-3-2-4-8-15)11-13-23(14-12-20)17-10-6-5-9-16(17)21/h2-10,18H,11-14,21H2,1H3,(H2,22,24). The topological polar surface area (TPSA) is 81.6 Å². The summed E-state index contributed by atoms with van der Waals surface area (Å²) in [6.07, 6.45) is 0.689. The quantitative estimate of drug-likeness (QED) is 0.832. The van der Waals surface area contributed by atoms with Crippen LogP contribution in [0.3, 0.4) is 0 Å². The van der Waals surface area contributed by atoms with Gasteiger partial charge in [0, 0.05) is 18.5 Å². The summed E-state index contributed by atoms with van der Waals surface area (Å²) >= 11 is 0. The SMILES string of the molecule is CC1(C(OC(N)=O)c2ccccc2)CCN(c2ccccc2N)CC1. The fraction of sp³-hybridized carbons (Fsp3) is 0.350. The molecule has 2 aromatic rings. The Morgan fingerprint density at radius 2 is 1.68 bits per heavy atom. The van der Waals surface area contributed by atoms with Gasteiger partial charge < -0.3 is 21.1 Å². The van der Waals surface area contributed by atoms with Gasteiger partial charge in [0.2, 0.25) is 0 Å². The molecule has 132 valence electrons. The number of amides is 1. The zero-order valence-electron chi connectivity index (χ0n) is 14.5. The van der Waals surface area contributed by atoms with Crippen LogP contribution in [0.5, 0.6) is 0 Å². The van der Waals surface area contributed by atoms with Crippen LogP contribution in [0.4, 0.5) is 16.2 Å². The molecule has 25 heavy (non-hydrogen) atoms. The highest BCUT2D eigenvalue weighted by atomic mass is 16.6. The summed E-state index contributed by atoms with van der Waals surface area (Å²) in [5.74, 6) is 0. The van der Waals surface area contributed by atoms with Gasteiger partial charge in [-0.2, -0.15) is 0 Å². The van der Waals surface area contributed by atoms with Gasteiger partial charge in [-0.3, -0.25) is 0 Å². The van der Waals surface area contributed by atoms with Crippen molar-refractivity contribution in [3.63, 3.8) is 0 Å². The smallest absolute Gasteiger partial charge is 0.405 e. The monoisotopic (exact) mass is 339 g/mol. The van der Waals surface area contributed by atoms with E-state index in [1.807, 2.05) is 54.6 Å². The molecule has 4 N–H and O–H groups in total. The number of carbonyl (C=O) groups excluding carboxylic acids is 1. The average molecular weight is 339 g/mol. The number of nitrogens with two attached hydrogens (primary N) is 2. The predicted molar refractivity (Wildman–Crippen MR) is 100 cm³/mol.